The van der Waals surface area contributed by atoms with Crippen molar-refractivity contribution in [2.75, 3.05) is 12.8 Å². The number of nitrogens with two attached hydrogens (primary N) is 1. The maximum absolute atomic E-state index is 12.1. The first-order valence-electron chi connectivity index (χ1n) is 5.25. The van der Waals surface area contributed by atoms with Crippen LogP contribution in [0.5, 0.6) is 5.75 Å². The molecule has 2 aromatic carbocycles. The number of carbonyl (C=O) groups is 1. The number of carbonyl (C=O) groups excluding carboxylic acids is 1. The average molecular weight is 227 g/mol. The Morgan fingerprint density at radius 1 is 1.06 bits per heavy atom. The minimum atomic E-state index is -0.0381. The summed E-state index contributed by atoms with van der Waals surface area (Å²) in [6.45, 7) is 0. The van der Waals surface area contributed by atoms with E-state index in [0.717, 1.165) is 0 Å². The molecule has 0 unspecified atom stereocenters. The number of benzene rings is 2. The molecule has 0 fully saturated rings. The fourth-order valence-corrected chi connectivity index (χ4v) is 1.57. The molecule has 0 spiro atoms. The van der Waals surface area contributed by atoms with Crippen molar-refractivity contribution in [1.82, 2.24) is 0 Å². The van der Waals surface area contributed by atoms with Crippen molar-refractivity contribution < 1.29 is 9.53 Å². The zero-order valence-electron chi connectivity index (χ0n) is 9.51. The third kappa shape index (κ3) is 2.45. The molecule has 0 aliphatic heterocycles. The van der Waals surface area contributed by atoms with Gasteiger partial charge in [-0.25, -0.2) is 0 Å². The van der Waals surface area contributed by atoms with Crippen molar-refractivity contribution in [3.8, 4) is 5.75 Å². The van der Waals surface area contributed by atoms with Gasteiger partial charge >= 0.3 is 0 Å². The molecule has 0 saturated carbocycles. The van der Waals surface area contributed by atoms with E-state index in [-0.39, 0.29) is 5.78 Å². The van der Waals surface area contributed by atoms with Gasteiger partial charge in [0.1, 0.15) is 5.75 Å². The Kier molecular flexibility index (Phi) is 3.10. The lowest BCUT2D eigenvalue weighted by atomic mass is 10.0. The lowest BCUT2D eigenvalue weighted by molar-refractivity contribution is 0.103. The number of methoxy groups -OCH3 is 1. The van der Waals surface area contributed by atoms with Gasteiger partial charge < -0.3 is 10.5 Å². The van der Waals surface area contributed by atoms with Gasteiger partial charge in [0.05, 0.1) is 7.11 Å². The van der Waals surface area contributed by atoms with Crippen LogP contribution in [0.3, 0.4) is 0 Å². The molecule has 0 aromatic heterocycles. The molecule has 2 aromatic rings. The Bertz CT molecular complexity index is 532. The molecule has 0 bridgehead atoms. The van der Waals surface area contributed by atoms with E-state index in [9.17, 15) is 4.79 Å². The SMILES string of the molecule is COc1cccc(C(=O)c2ccc(N)cc2)c1. The molecule has 0 amide bonds. The van der Waals surface area contributed by atoms with Gasteiger partial charge in [-0.2, -0.15) is 0 Å². The van der Waals surface area contributed by atoms with Crippen LogP contribution in [0.15, 0.2) is 48.5 Å². The first-order chi connectivity index (χ1) is 8.20. The average Bonchev–Trinajstić information content (AvgIpc) is 2.39. The molecule has 3 heteroatoms. The van der Waals surface area contributed by atoms with Crippen LogP contribution in [0.4, 0.5) is 5.69 Å². The summed E-state index contributed by atoms with van der Waals surface area (Å²) in [6, 6.07) is 14.0. The van der Waals surface area contributed by atoms with Crippen LogP contribution < -0.4 is 10.5 Å². The molecule has 0 saturated heterocycles. The van der Waals surface area contributed by atoms with Crippen LogP contribution in [-0.2, 0) is 0 Å². The predicted octanol–water partition coefficient (Wildman–Crippen LogP) is 2.51. The fraction of sp³-hybridized carbons (Fsp3) is 0.0714. The van der Waals surface area contributed by atoms with Gasteiger partial charge in [0, 0.05) is 16.8 Å². The molecule has 17 heavy (non-hydrogen) atoms. The van der Waals surface area contributed by atoms with E-state index in [1.807, 2.05) is 0 Å². The Hall–Kier alpha value is -2.29. The summed E-state index contributed by atoms with van der Waals surface area (Å²) in [7, 11) is 1.58. The summed E-state index contributed by atoms with van der Waals surface area (Å²) in [5.41, 5.74) is 7.45. The highest BCUT2D eigenvalue weighted by molar-refractivity contribution is 6.09. The summed E-state index contributed by atoms with van der Waals surface area (Å²) < 4.78 is 5.09. The van der Waals surface area contributed by atoms with Gasteiger partial charge in [-0.1, -0.05) is 12.1 Å². The van der Waals surface area contributed by atoms with Crippen molar-refractivity contribution in [3.05, 3.63) is 59.7 Å². The Morgan fingerprint density at radius 2 is 1.76 bits per heavy atom. The second-order valence-electron chi connectivity index (χ2n) is 3.68. The van der Waals surface area contributed by atoms with E-state index >= 15 is 0 Å². The van der Waals surface area contributed by atoms with E-state index in [2.05, 4.69) is 0 Å². The first-order valence-corrected chi connectivity index (χ1v) is 5.25. The Labute approximate surface area is 99.8 Å². The number of anilines is 1. The van der Waals surface area contributed by atoms with Gasteiger partial charge in [0.2, 0.25) is 0 Å². The molecule has 86 valence electrons. The quantitative estimate of drug-likeness (QED) is 0.647. The molecule has 0 aliphatic carbocycles. The summed E-state index contributed by atoms with van der Waals surface area (Å²) >= 11 is 0. The third-order valence-electron chi connectivity index (χ3n) is 2.50. The number of ether oxygens (including phenoxy) is 1. The summed E-state index contributed by atoms with van der Waals surface area (Å²) in [5, 5.41) is 0. The lowest BCUT2D eigenvalue weighted by Crippen LogP contribution is -2.01. The standard InChI is InChI=1S/C14H13NO2/c1-17-13-4-2-3-11(9-13)14(16)10-5-7-12(15)8-6-10/h2-9H,15H2,1H3. The minimum absolute atomic E-state index is 0.0381. The first kappa shape index (κ1) is 11.2. The second-order valence-corrected chi connectivity index (χ2v) is 3.68. The van der Waals surface area contributed by atoms with Crippen LogP contribution in [0.1, 0.15) is 15.9 Å². The smallest absolute Gasteiger partial charge is 0.193 e. The zero-order chi connectivity index (χ0) is 12.3. The molecular formula is C14H13NO2. The number of ketones is 1. The van der Waals surface area contributed by atoms with Crippen molar-refractivity contribution in [3.63, 3.8) is 0 Å². The zero-order valence-corrected chi connectivity index (χ0v) is 9.51. The third-order valence-corrected chi connectivity index (χ3v) is 2.50. The summed E-state index contributed by atoms with van der Waals surface area (Å²) in [4.78, 5) is 12.1. The molecule has 2 rings (SSSR count). The van der Waals surface area contributed by atoms with E-state index in [0.29, 0.717) is 22.6 Å². The number of nitrogen functional groups attached to an aromatic ring is 1. The number of hydrogen-bond acceptors (Lipinski definition) is 3. The van der Waals surface area contributed by atoms with Crippen LogP contribution in [-0.4, -0.2) is 12.9 Å². The van der Waals surface area contributed by atoms with Crippen LogP contribution in [0.25, 0.3) is 0 Å². The maximum Gasteiger partial charge on any atom is 0.193 e. The highest BCUT2D eigenvalue weighted by Crippen LogP contribution is 2.17. The fourth-order valence-electron chi connectivity index (χ4n) is 1.57. The molecule has 0 radical (unpaired) electrons. The number of rotatable bonds is 3. The van der Waals surface area contributed by atoms with Gasteiger partial charge in [0.15, 0.2) is 5.78 Å². The van der Waals surface area contributed by atoms with E-state index in [1.165, 1.54) is 0 Å². The molecular weight excluding hydrogens is 214 g/mol. The monoisotopic (exact) mass is 227 g/mol. The van der Waals surface area contributed by atoms with E-state index in [1.54, 1.807) is 55.6 Å². The largest absolute Gasteiger partial charge is 0.497 e. The Morgan fingerprint density at radius 3 is 2.41 bits per heavy atom. The maximum atomic E-state index is 12.1. The van der Waals surface area contributed by atoms with Gasteiger partial charge in [-0.15, -0.1) is 0 Å². The van der Waals surface area contributed by atoms with Gasteiger partial charge in [-0.05, 0) is 36.4 Å². The summed E-state index contributed by atoms with van der Waals surface area (Å²) in [6.07, 6.45) is 0. The van der Waals surface area contributed by atoms with Crippen molar-refractivity contribution in [2.45, 2.75) is 0 Å². The van der Waals surface area contributed by atoms with E-state index in [4.69, 9.17) is 10.5 Å². The van der Waals surface area contributed by atoms with E-state index < -0.39 is 0 Å². The van der Waals surface area contributed by atoms with Gasteiger partial charge in [0.25, 0.3) is 0 Å². The van der Waals surface area contributed by atoms with Crippen LogP contribution in [0, 0.1) is 0 Å². The predicted molar refractivity (Wildman–Crippen MR) is 67.3 cm³/mol. The van der Waals surface area contributed by atoms with Crippen molar-refractivity contribution in [1.29, 1.82) is 0 Å². The van der Waals surface area contributed by atoms with Gasteiger partial charge in [-0.3, -0.25) is 4.79 Å². The molecule has 3 nitrogen and oxygen atoms in total. The molecule has 2 N–H and O–H groups in total. The molecule has 0 atom stereocenters. The van der Waals surface area contributed by atoms with Crippen LogP contribution in [0.2, 0.25) is 0 Å². The lowest BCUT2D eigenvalue weighted by Gasteiger charge is -2.04. The normalized spacial score (nSPS) is 9.94. The topological polar surface area (TPSA) is 52.3 Å². The Balaban J connectivity index is 2.33. The summed E-state index contributed by atoms with van der Waals surface area (Å²) in [5.74, 6) is 0.634. The van der Waals surface area contributed by atoms with Crippen LogP contribution >= 0.6 is 0 Å². The number of hydrogen-bond donors (Lipinski definition) is 1. The van der Waals surface area contributed by atoms with Crippen molar-refractivity contribution >= 4 is 11.5 Å². The molecule has 0 heterocycles. The second kappa shape index (κ2) is 4.70. The highest BCUT2D eigenvalue weighted by atomic mass is 16.5. The highest BCUT2D eigenvalue weighted by Gasteiger charge is 2.09. The van der Waals surface area contributed by atoms with Crippen molar-refractivity contribution in [2.24, 2.45) is 0 Å². The minimum Gasteiger partial charge on any atom is -0.497 e. The molecule has 0 aliphatic rings.